The first-order valence-electron chi connectivity index (χ1n) is 5.61. The van der Waals surface area contributed by atoms with Gasteiger partial charge in [-0.15, -0.1) is 9.81 Å². The average Bonchev–Trinajstić information content (AvgIpc) is 2.54. The number of nitroso groups, excluding NO2 is 2. The highest BCUT2D eigenvalue weighted by molar-refractivity contribution is 5.89. The Kier molecular flexibility index (Phi) is 4.06. The number of rotatable bonds is 4. The molecule has 0 unspecified atom stereocenters. The van der Waals surface area contributed by atoms with E-state index in [0.29, 0.717) is 11.3 Å². The predicted octanol–water partition coefficient (Wildman–Crippen LogP) is 3.04. The quantitative estimate of drug-likeness (QED) is 0.677. The summed E-state index contributed by atoms with van der Waals surface area (Å²) in [6, 6.07) is 5.95. The number of aromatic nitrogens is 2. The summed E-state index contributed by atoms with van der Waals surface area (Å²) in [7, 11) is 0. The summed E-state index contributed by atoms with van der Waals surface area (Å²) >= 11 is 0. The second kappa shape index (κ2) is 6.12. The van der Waals surface area contributed by atoms with E-state index in [1.807, 2.05) is 6.07 Å². The van der Waals surface area contributed by atoms with E-state index in [2.05, 4.69) is 20.3 Å². The van der Waals surface area contributed by atoms with Crippen LogP contribution in [-0.2, 0) is 0 Å². The van der Waals surface area contributed by atoms with Crippen molar-refractivity contribution in [3.05, 3.63) is 51.8 Å². The lowest BCUT2D eigenvalue weighted by molar-refractivity contribution is 0.478. The molecule has 0 spiro atoms. The van der Waals surface area contributed by atoms with E-state index in [-0.39, 0.29) is 16.9 Å². The Hall–Kier alpha value is -3.47. The lowest BCUT2D eigenvalue weighted by atomic mass is 10.1. The van der Waals surface area contributed by atoms with E-state index in [0.717, 1.165) is 0 Å². The van der Waals surface area contributed by atoms with E-state index in [9.17, 15) is 14.9 Å². The van der Waals surface area contributed by atoms with Crippen LogP contribution in [0.3, 0.4) is 0 Å². The first-order chi connectivity index (χ1) is 10.2. The molecule has 0 amide bonds. The molecular formula is C13H7N5O3. The number of hydrogen-bond acceptors (Lipinski definition) is 8. The summed E-state index contributed by atoms with van der Waals surface area (Å²) < 4.78 is 0. The van der Waals surface area contributed by atoms with Gasteiger partial charge in [-0.05, 0) is 40.2 Å². The third kappa shape index (κ3) is 2.93. The van der Waals surface area contributed by atoms with Gasteiger partial charge in [0.15, 0.2) is 17.1 Å². The molecule has 21 heavy (non-hydrogen) atoms. The van der Waals surface area contributed by atoms with Crippen LogP contribution in [0.2, 0.25) is 0 Å². The number of hydrogen-bond donors (Lipinski definition) is 1. The summed E-state index contributed by atoms with van der Waals surface area (Å²) in [5.74, 6) is -0.599. The van der Waals surface area contributed by atoms with Crippen LogP contribution in [-0.4, -0.2) is 15.1 Å². The number of allylic oxidation sites excluding steroid dienone is 1. The minimum atomic E-state index is -0.599. The Morgan fingerprint density at radius 1 is 1.29 bits per heavy atom. The Morgan fingerprint density at radius 3 is 2.43 bits per heavy atom. The lowest BCUT2D eigenvalue weighted by Crippen LogP contribution is -1.87. The van der Waals surface area contributed by atoms with E-state index in [4.69, 9.17) is 5.26 Å². The van der Waals surface area contributed by atoms with Gasteiger partial charge in [0.1, 0.15) is 12.4 Å². The SMILES string of the molecule is N#C/C(=C\c1cc(N=O)c(O)c(N=O)c1)c1ccncn1. The molecule has 1 aromatic heterocycles. The van der Waals surface area contributed by atoms with Crippen molar-refractivity contribution in [1.29, 1.82) is 5.26 Å². The fourth-order valence-corrected chi connectivity index (χ4v) is 1.63. The van der Waals surface area contributed by atoms with Crippen LogP contribution in [0.1, 0.15) is 11.3 Å². The summed E-state index contributed by atoms with van der Waals surface area (Å²) in [4.78, 5) is 28.9. The molecule has 1 heterocycles. The van der Waals surface area contributed by atoms with E-state index >= 15 is 0 Å². The molecule has 102 valence electrons. The van der Waals surface area contributed by atoms with Crippen molar-refractivity contribution < 1.29 is 5.11 Å². The van der Waals surface area contributed by atoms with Gasteiger partial charge in [-0.3, -0.25) is 0 Å². The lowest BCUT2D eigenvalue weighted by Gasteiger charge is -2.02. The molecule has 8 heteroatoms. The van der Waals surface area contributed by atoms with Crippen LogP contribution < -0.4 is 0 Å². The molecule has 0 saturated heterocycles. The monoisotopic (exact) mass is 281 g/mol. The fraction of sp³-hybridized carbons (Fsp3) is 0. The standard InChI is InChI=1S/C13H7N5O3/c14-6-9(10-1-2-15-7-16-10)3-8-4-11(17-20)13(19)12(5-8)18-21/h1-5,7,19H/b9-3+. The predicted molar refractivity (Wildman–Crippen MR) is 74.5 cm³/mol. The third-order valence-corrected chi connectivity index (χ3v) is 2.58. The maximum atomic E-state index is 10.6. The highest BCUT2D eigenvalue weighted by atomic mass is 16.3. The van der Waals surface area contributed by atoms with E-state index < -0.39 is 5.75 Å². The van der Waals surface area contributed by atoms with Crippen molar-refractivity contribution in [2.24, 2.45) is 10.4 Å². The second-order valence-electron chi connectivity index (χ2n) is 3.85. The average molecular weight is 281 g/mol. The third-order valence-electron chi connectivity index (χ3n) is 2.58. The van der Waals surface area contributed by atoms with Crippen molar-refractivity contribution in [2.75, 3.05) is 0 Å². The highest BCUT2D eigenvalue weighted by Gasteiger charge is 2.11. The van der Waals surface area contributed by atoms with Crippen LogP contribution in [0.4, 0.5) is 11.4 Å². The smallest absolute Gasteiger partial charge is 0.174 e. The zero-order valence-corrected chi connectivity index (χ0v) is 10.5. The molecule has 8 nitrogen and oxygen atoms in total. The van der Waals surface area contributed by atoms with Crippen LogP contribution in [0, 0.1) is 21.1 Å². The highest BCUT2D eigenvalue weighted by Crippen LogP contribution is 2.38. The van der Waals surface area contributed by atoms with Crippen molar-refractivity contribution >= 4 is 23.0 Å². The van der Waals surface area contributed by atoms with Crippen LogP contribution in [0.25, 0.3) is 11.6 Å². The Bertz CT molecular complexity index is 736. The van der Waals surface area contributed by atoms with Crippen molar-refractivity contribution in [3.8, 4) is 11.8 Å². The zero-order chi connectivity index (χ0) is 15.2. The number of nitriles is 1. The number of phenols is 1. The molecule has 1 aromatic carbocycles. The molecule has 0 aliphatic carbocycles. The molecule has 0 fully saturated rings. The van der Waals surface area contributed by atoms with Gasteiger partial charge in [0, 0.05) is 6.20 Å². The molecule has 1 N–H and O–H groups in total. The fourth-order valence-electron chi connectivity index (χ4n) is 1.63. The molecule has 2 aromatic rings. The summed E-state index contributed by atoms with van der Waals surface area (Å²) in [6.45, 7) is 0. The van der Waals surface area contributed by atoms with Gasteiger partial charge in [-0.1, -0.05) is 0 Å². The number of aromatic hydroxyl groups is 1. The Balaban J connectivity index is 2.56. The summed E-state index contributed by atoms with van der Waals surface area (Å²) in [6.07, 6.45) is 4.15. The van der Waals surface area contributed by atoms with Gasteiger partial charge in [0.05, 0.1) is 11.3 Å². The van der Waals surface area contributed by atoms with E-state index in [1.165, 1.54) is 36.8 Å². The Morgan fingerprint density at radius 2 is 1.95 bits per heavy atom. The second-order valence-corrected chi connectivity index (χ2v) is 3.85. The van der Waals surface area contributed by atoms with Gasteiger partial charge in [0.25, 0.3) is 0 Å². The minimum Gasteiger partial charge on any atom is -0.504 e. The van der Waals surface area contributed by atoms with Gasteiger partial charge in [-0.2, -0.15) is 5.26 Å². The molecule has 0 bridgehead atoms. The normalized spacial score (nSPS) is 10.7. The Labute approximate surface area is 118 Å². The van der Waals surface area contributed by atoms with Gasteiger partial charge >= 0.3 is 0 Å². The van der Waals surface area contributed by atoms with Gasteiger partial charge in [0.2, 0.25) is 0 Å². The number of nitrogens with zero attached hydrogens (tertiary/aromatic N) is 5. The first kappa shape index (κ1) is 14.0. The summed E-state index contributed by atoms with van der Waals surface area (Å²) in [5, 5.41) is 23.9. The number of benzene rings is 1. The largest absolute Gasteiger partial charge is 0.504 e. The minimum absolute atomic E-state index is 0.191. The van der Waals surface area contributed by atoms with Gasteiger partial charge < -0.3 is 5.11 Å². The maximum Gasteiger partial charge on any atom is 0.174 e. The maximum absolute atomic E-state index is 10.6. The van der Waals surface area contributed by atoms with Crippen molar-refractivity contribution in [3.63, 3.8) is 0 Å². The molecule has 0 aliphatic heterocycles. The number of phenolic OH excluding ortho intramolecular Hbond substituents is 1. The van der Waals surface area contributed by atoms with Crippen LogP contribution in [0.15, 0.2) is 41.1 Å². The topological polar surface area (TPSA) is 129 Å². The molecule has 0 saturated carbocycles. The molecule has 2 rings (SSSR count). The van der Waals surface area contributed by atoms with E-state index in [1.54, 1.807) is 0 Å². The molecule has 0 aliphatic rings. The van der Waals surface area contributed by atoms with Gasteiger partial charge in [-0.25, -0.2) is 9.97 Å². The van der Waals surface area contributed by atoms with Crippen molar-refractivity contribution in [2.45, 2.75) is 0 Å². The van der Waals surface area contributed by atoms with Crippen LogP contribution >= 0.6 is 0 Å². The summed E-state index contributed by atoms with van der Waals surface area (Å²) in [5.41, 5.74) is 0.211. The van der Waals surface area contributed by atoms with Crippen molar-refractivity contribution in [1.82, 2.24) is 9.97 Å². The van der Waals surface area contributed by atoms with Crippen LogP contribution in [0.5, 0.6) is 5.75 Å². The molecule has 0 radical (unpaired) electrons. The molecular weight excluding hydrogens is 274 g/mol. The molecule has 0 atom stereocenters. The first-order valence-corrected chi connectivity index (χ1v) is 5.61. The zero-order valence-electron chi connectivity index (χ0n) is 10.5.